The molecule has 0 heterocycles. The average molecular weight is 429 g/mol. The van der Waals surface area contributed by atoms with E-state index in [1.54, 1.807) is 6.92 Å². The lowest BCUT2D eigenvalue weighted by Crippen LogP contribution is -2.08. The Morgan fingerprint density at radius 2 is 1.64 bits per heavy atom. The largest absolute Gasteiger partial charge is 0.449 e. The van der Waals surface area contributed by atoms with Gasteiger partial charge in [-0.25, -0.2) is 0 Å². The topological polar surface area (TPSA) is 9.23 Å². The summed E-state index contributed by atoms with van der Waals surface area (Å²) in [5, 5.41) is 0.367. The average Bonchev–Trinajstić information content (AvgIpc) is 2.53. The van der Waals surface area contributed by atoms with Crippen molar-refractivity contribution in [2.24, 2.45) is 0 Å². The molecule has 25 heavy (non-hydrogen) atoms. The smallest absolute Gasteiger partial charge is 0.419 e. The molecular formula is C19H16BrF3OS. The minimum atomic E-state index is -4.49. The Balaban J connectivity index is 2.48. The van der Waals surface area contributed by atoms with E-state index in [9.17, 15) is 13.2 Å². The van der Waals surface area contributed by atoms with Crippen molar-refractivity contribution in [2.45, 2.75) is 20.0 Å². The number of hydrogen-bond donors (Lipinski definition) is 0. The molecule has 0 radical (unpaired) electrons. The van der Waals surface area contributed by atoms with Crippen molar-refractivity contribution in [3.63, 3.8) is 0 Å². The summed E-state index contributed by atoms with van der Waals surface area (Å²) >= 11 is 4.57. The Morgan fingerprint density at radius 3 is 2.20 bits per heavy atom. The summed E-state index contributed by atoms with van der Waals surface area (Å²) in [6, 6.07) is 12.7. The molecule has 0 unspecified atom stereocenters. The molecule has 2 rings (SSSR count). The van der Waals surface area contributed by atoms with Crippen LogP contribution in [-0.2, 0) is 6.18 Å². The molecule has 0 aliphatic rings. The molecule has 0 amide bonds. The highest BCUT2D eigenvalue weighted by Gasteiger charge is 2.34. The second-order valence-corrected chi connectivity index (χ2v) is 7.51. The first-order valence-corrected chi connectivity index (χ1v) is 8.93. The quantitative estimate of drug-likeness (QED) is 0.455. The number of allylic oxidation sites excluding steroid dienone is 2. The third-order valence-electron chi connectivity index (χ3n) is 3.25. The highest BCUT2D eigenvalue weighted by Crippen LogP contribution is 2.40. The van der Waals surface area contributed by atoms with E-state index < -0.39 is 11.7 Å². The van der Waals surface area contributed by atoms with Crippen molar-refractivity contribution in [3.8, 4) is 5.75 Å². The van der Waals surface area contributed by atoms with Crippen LogP contribution in [0.3, 0.4) is 0 Å². The number of halogens is 4. The number of thioether (sulfide) groups is 1. The monoisotopic (exact) mass is 428 g/mol. The van der Waals surface area contributed by atoms with Gasteiger partial charge in [0.05, 0.1) is 5.56 Å². The Hall–Kier alpha value is -1.66. The van der Waals surface area contributed by atoms with Gasteiger partial charge in [0, 0.05) is 10.0 Å². The molecule has 0 saturated heterocycles. The van der Waals surface area contributed by atoms with Crippen LogP contribution in [0, 0.1) is 0 Å². The highest BCUT2D eigenvalue weighted by molar-refractivity contribution is 9.10. The van der Waals surface area contributed by atoms with Crippen LogP contribution in [0.5, 0.6) is 5.75 Å². The van der Waals surface area contributed by atoms with E-state index in [0.29, 0.717) is 5.09 Å². The Bertz CT molecular complexity index is 795. The molecule has 0 bridgehead atoms. The van der Waals surface area contributed by atoms with Crippen LogP contribution < -0.4 is 4.74 Å². The van der Waals surface area contributed by atoms with Crippen LogP contribution >= 0.6 is 27.7 Å². The van der Waals surface area contributed by atoms with Crippen LogP contribution in [-0.4, -0.2) is 0 Å². The minimum Gasteiger partial charge on any atom is -0.449 e. The van der Waals surface area contributed by atoms with E-state index in [-0.39, 0.29) is 5.75 Å². The van der Waals surface area contributed by atoms with Gasteiger partial charge in [-0.15, -0.1) is 0 Å². The van der Waals surface area contributed by atoms with Crippen LogP contribution in [0.15, 0.2) is 69.6 Å². The second-order valence-electron chi connectivity index (χ2n) is 5.32. The van der Waals surface area contributed by atoms with Crippen molar-refractivity contribution in [1.82, 2.24) is 0 Å². The van der Waals surface area contributed by atoms with E-state index in [2.05, 4.69) is 22.5 Å². The third kappa shape index (κ3) is 5.41. The van der Waals surface area contributed by atoms with Crippen LogP contribution in [0.25, 0.3) is 5.57 Å². The highest BCUT2D eigenvalue weighted by atomic mass is 79.9. The van der Waals surface area contributed by atoms with Crippen molar-refractivity contribution in [2.75, 3.05) is 0 Å². The fraction of sp³-hybridized carbons (Fsp3) is 0.158. The normalized spacial score (nSPS) is 12.6. The van der Waals surface area contributed by atoms with Crippen LogP contribution in [0.2, 0.25) is 0 Å². The number of hydrogen-bond acceptors (Lipinski definition) is 2. The standard InChI is InChI=1S/C19H16BrF3OS/c1-12(2)25-18(13(3)14-8-10-15(20)11-9-14)24-17-7-5-4-6-16(17)19(21,22)23/h4-11H,1H2,2-3H3/b18-13+. The molecule has 0 aliphatic carbocycles. The maximum absolute atomic E-state index is 13.2. The zero-order valence-electron chi connectivity index (χ0n) is 13.7. The Labute approximate surface area is 157 Å². The number of para-hydroxylation sites is 1. The number of benzene rings is 2. The lowest BCUT2D eigenvalue weighted by Gasteiger charge is -2.17. The van der Waals surface area contributed by atoms with E-state index in [1.807, 2.05) is 31.2 Å². The fourth-order valence-corrected chi connectivity index (χ4v) is 3.02. The van der Waals surface area contributed by atoms with Gasteiger partial charge < -0.3 is 4.74 Å². The van der Waals surface area contributed by atoms with Crippen molar-refractivity contribution in [3.05, 3.63) is 80.7 Å². The summed E-state index contributed by atoms with van der Waals surface area (Å²) < 4.78 is 46.2. The maximum atomic E-state index is 13.2. The molecule has 6 heteroatoms. The molecule has 0 N–H and O–H groups in total. The van der Waals surface area contributed by atoms with E-state index in [4.69, 9.17) is 4.74 Å². The lowest BCUT2D eigenvalue weighted by atomic mass is 10.1. The van der Waals surface area contributed by atoms with Crippen molar-refractivity contribution >= 4 is 33.3 Å². The Kier molecular flexibility index (Phi) is 6.41. The number of rotatable bonds is 5. The summed E-state index contributed by atoms with van der Waals surface area (Å²) in [5.41, 5.74) is 0.785. The molecule has 2 aromatic carbocycles. The molecule has 1 nitrogen and oxygen atoms in total. The van der Waals surface area contributed by atoms with Gasteiger partial charge in [-0.3, -0.25) is 0 Å². The van der Waals surface area contributed by atoms with E-state index in [0.717, 1.165) is 26.6 Å². The molecule has 0 aromatic heterocycles. The first-order chi connectivity index (χ1) is 11.7. The molecule has 0 spiro atoms. The predicted molar refractivity (Wildman–Crippen MR) is 101 cm³/mol. The Morgan fingerprint density at radius 1 is 1.04 bits per heavy atom. The zero-order chi connectivity index (χ0) is 18.6. The van der Waals surface area contributed by atoms with Gasteiger partial charge in [-0.1, -0.05) is 58.5 Å². The maximum Gasteiger partial charge on any atom is 0.419 e. The molecular weight excluding hydrogens is 413 g/mol. The van der Waals surface area contributed by atoms with E-state index >= 15 is 0 Å². The molecule has 2 aromatic rings. The van der Waals surface area contributed by atoms with E-state index in [1.165, 1.54) is 30.0 Å². The third-order valence-corrected chi connectivity index (χ3v) is 4.70. The summed E-state index contributed by atoms with van der Waals surface area (Å²) in [7, 11) is 0. The van der Waals surface area contributed by atoms with Gasteiger partial charge in [-0.05, 0) is 48.6 Å². The first-order valence-electron chi connectivity index (χ1n) is 7.32. The minimum absolute atomic E-state index is 0.227. The van der Waals surface area contributed by atoms with Gasteiger partial charge in [0.1, 0.15) is 5.75 Å². The number of alkyl halides is 3. The molecule has 0 aliphatic heterocycles. The van der Waals surface area contributed by atoms with Crippen molar-refractivity contribution < 1.29 is 17.9 Å². The SMILES string of the molecule is C=C(C)S/C(Oc1ccccc1C(F)(F)F)=C(\C)c1ccc(Br)cc1. The fourth-order valence-electron chi connectivity index (χ4n) is 2.04. The van der Waals surface area contributed by atoms with Gasteiger partial charge >= 0.3 is 6.18 Å². The first kappa shape index (κ1) is 19.7. The molecule has 0 atom stereocenters. The van der Waals surface area contributed by atoms with Crippen LogP contribution in [0.4, 0.5) is 13.2 Å². The predicted octanol–water partition coefficient (Wildman–Crippen LogP) is 7.50. The van der Waals surface area contributed by atoms with Crippen molar-refractivity contribution in [1.29, 1.82) is 0 Å². The zero-order valence-corrected chi connectivity index (χ0v) is 16.1. The van der Waals surface area contributed by atoms with Crippen LogP contribution in [0.1, 0.15) is 25.0 Å². The second kappa shape index (κ2) is 8.15. The van der Waals surface area contributed by atoms with Gasteiger partial charge in [-0.2, -0.15) is 13.2 Å². The molecule has 0 fully saturated rings. The summed E-state index contributed by atoms with van der Waals surface area (Å²) in [4.78, 5) is 0.718. The summed E-state index contributed by atoms with van der Waals surface area (Å²) in [6.45, 7) is 7.40. The summed E-state index contributed by atoms with van der Waals surface area (Å²) in [6.07, 6.45) is -4.49. The lowest BCUT2D eigenvalue weighted by molar-refractivity contribution is -0.138. The molecule has 132 valence electrons. The van der Waals surface area contributed by atoms with Gasteiger partial charge in [0.15, 0.2) is 5.09 Å². The van der Waals surface area contributed by atoms with Gasteiger partial charge in [0.25, 0.3) is 0 Å². The van der Waals surface area contributed by atoms with Gasteiger partial charge in [0.2, 0.25) is 0 Å². The number of ether oxygens (including phenoxy) is 1. The summed E-state index contributed by atoms with van der Waals surface area (Å²) in [5.74, 6) is -0.227. The molecule has 0 saturated carbocycles.